The fourth-order valence-electron chi connectivity index (χ4n) is 2.86. The van der Waals surface area contributed by atoms with Crippen LogP contribution in [0.25, 0.3) is 22.4 Å². The first-order valence-electron chi connectivity index (χ1n) is 8.61. The number of benzene rings is 2. The molecule has 0 unspecified atom stereocenters. The Balaban J connectivity index is 1.63. The van der Waals surface area contributed by atoms with Crippen LogP contribution in [0.3, 0.4) is 0 Å². The highest BCUT2D eigenvalue weighted by Crippen LogP contribution is 2.27. The zero-order valence-electron chi connectivity index (χ0n) is 15.0. The third-order valence-corrected chi connectivity index (χ3v) is 4.25. The Morgan fingerprint density at radius 2 is 1.89 bits per heavy atom. The van der Waals surface area contributed by atoms with Crippen molar-refractivity contribution in [1.82, 2.24) is 15.6 Å². The zero-order chi connectivity index (χ0) is 19.5. The Bertz CT molecular complexity index is 1130. The summed E-state index contributed by atoms with van der Waals surface area (Å²) in [6, 6.07) is 16.9. The van der Waals surface area contributed by atoms with Gasteiger partial charge in [-0.1, -0.05) is 35.5 Å². The quantitative estimate of drug-likeness (QED) is 0.528. The van der Waals surface area contributed by atoms with E-state index < -0.39 is 5.91 Å². The van der Waals surface area contributed by atoms with E-state index in [1.807, 2.05) is 30.3 Å². The molecule has 4 aromatic rings. The third-order valence-electron chi connectivity index (χ3n) is 4.25. The number of nitrogens with zero attached hydrogens (tertiary/aromatic N) is 2. The van der Waals surface area contributed by atoms with Crippen LogP contribution in [0.1, 0.15) is 21.6 Å². The highest BCUT2D eigenvalue weighted by Gasteiger charge is 2.19. The molecule has 0 saturated heterocycles. The van der Waals surface area contributed by atoms with Gasteiger partial charge >= 0.3 is 0 Å². The van der Waals surface area contributed by atoms with Crippen molar-refractivity contribution in [3.05, 3.63) is 83.3 Å². The Kier molecular flexibility index (Phi) is 4.82. The van der Waals surface area contributed by atoms with Crippen LogP contribution in [-0.4, -0.2) is 16.0 Å². The van der Waals surface area contributed by atoms with Crippen LogP contribution in [0, 0.1) is 12.7 Å². The molecule has 2 aromatic heterocycles. The Morgan fingerprint density at radius 1 is 1.14 bits per heavy atom. The molecule has 6 nitrogen and oxygen atoms in total. The first-order chi connectivity index (χ1) is 13.6. The van der Waals surface area contributed by atoms with Crippen molar-refractivity contribution in [2.75, 3.05) is 0 Å². The number of hydrogen-bond acceptors (Lipinski definition) is 5. The van der Waals surface area contributed by atoms with Crippen molar-refractivity contribution >= 4 is 17.0 Å². The maximum Gasteiger partial charge on any atom is 0.275 e. The lowest BCUT2D eigenvalue weighted by Gasteiger charge is -2.09. The highest BCUT2D eigenvalue weighted by atomic mass is 19.1. The topological polar surface area (TPSA) is 77.2 Å². The first kappa shape index (κ1) is 17.8. The van der Waals surface area contributed by atoms with E-state index >= 15 is 0 Å². The zero-order valence-corrected chi connectivity index (χ0v) is 15.0. The van der Waals surface area contributed by atoms with Crippen LogP contribution in [0.4, 0.5) is 4.39 Å². The van der Waals surface area contributed by atoms with Crippen LogP contribution in [0.15, 0.2) is 65.2 Å². The minimum atomic E-state index is -0.446. The summed E-state index contributed by atoms with van der Waals surface area (Å²) < 4.78 is 18.5. The molecule has 0 aliphatic carbocycles. The van der Waals surface area contributed by atoms with Gasteiger partial charge in [-0.15, -0.1) is 0 Å². The molecule has 0 aliphatic heterocycles. The standard InChI is InChI=1S/C21H16FN3O3/c1-13-19-17(20(26)25-27-12-14-5-3-2-4-6-14)11-18(23-21(19)28-24-13)15-7-9-16(22)10-8-15/h2-11H,12H2,1H3,(H,25,26). The van der Waals surface area contributed by atoms with E-state index in [0.29, 0.717) is 27.9 Å². The van der Waals surface area contributed by atoms with Crippen molar-refractivity contribution < 1.29 is 18.5 Å². The molecule has 0 atom stereocenters. The highest BCUT2D eigenvalue weighted by molar-refractivity contribution is 6.06. The fourth-order valence-corrected chi connectivity index (χ4v) is 2.86. The molecule has 0 radical (unpaired) electrons. The van der Waals surface area contributed by atoms with Gasteiger partial charge in [-0.2, -0.15) is 0 Å². The van der Waals surface area contributed by atoms with Gasteiger partial charge < -0.3 is 4.52 Å². The lowest BCUT2D eigenvalue weighted by atomic mass is 10.1. The third kappa shape index (κ3) is 3.60. The largest absolute Gasteiger partial charge is 0.335 e. The molecule has 0 saturated carbocycles. The van der Waals surface area contributed by atoms with Gasteiger partial charge in [0.15, 0.2) is 0 Å². The summed E-state index contributed by atoms with van der Waals surface area (Å²) in [6.45, 7) is 1.96. The molecular formula is C21H16FN3O3. The number of carbonyl (C=O) groups is 1. The maximum absolute atomic E-state index is 13.2. The van der Waals surface area contributed by atoms with Gasteiger partial charge in [0.2, 0.25) is 0 Å². The summed E-state index contributed by atoms with van der Waals surface area (Å²) in [4.78, 5) is 22.5. The predicted molar refractivity (Wildman–Crippen MR) is 101 cm³/mol. The van der Waals surface area contributed by atoms with E-state index in [1.54, 1.807) is 25.1 Å². The predicted octanol–water partition coefficient (Wildman–Crippen LogP) is 4.20. The number of hydroxylamine groups is 1. The number of aromatic nitrogens is 2. The number of amides is 1. The normalized spacial score (nSPS) is 10.9. The van der Waals surface area contributed by atoms with Gasteiger partial charge in [-0.25, -0.2) is 14.9 Å². The molecule has 140 valence electrons. The van der Waals surface area contributed by atoms with Crippen molar-refractivity contribution in [3.63, 3.8) is 0 Å². The summed E-state index contributed by atoms with van der Waals surface area (Å²) in [6.07, 6.45) is 0. The second-order valence-electron chi connectivity index (χ2n) is 6.22. The Labute approximate surface area is 159 Å². The van der Waals surface area contributed by atoms with E-state index in [9.17, 15) is 9.18 Å². The molecule has 0 aliphatic rings. The molecule has 28 heavy (non-hydrogen) atoms. The summed E-state index contributed by atoms with van der Waals surface area (Å²) in [7, 11) is 0. The molecule has 1 N–H and O–H groups in total. The van der Waals surface area contributed by atoms with E-state index in [4.69, 9.17) is 9.36 Å². The molecular weight excluding hydrogens is 361 g/mol. The number of nitrogens with one attached hydrogen (secondary N) is 1. The average molecular weight is 377 g/mol. The van der Waals surface area contributed by atoms with Gasteiger partial charge in [0.1, 0.15) is 5.82 Å². The second kappa shape index (κ2) is 7.58. The maximum atomic E-state index is 13.2. The number of halogens is 1. The number of carbonyl (C=O) groups excluding carboxylic acids is 1. The van der Waals surface area contributed by atoms with Gasteiger partial charge in [0.05, 0.1) is 28.9 Å². The Hall–Kier alpha value is -3.58. The number of fused-ring (bicyclic) bond motifs is 1. The lowest BCUT2D eigenvalue weighted by molar-refractivity contribution is 0.0235. The molecule has 7 heteroatoms. The molecule has 2 aromatic carbocycles. The van der Waals surface area contributed by atoms with E-state index in [1.165, 1.54) is 12.1 Å². The van der Waals surface area contributed by atoms with Crippen LogP contribution >= 0.6 is 0 Å². The summed E-state index contributed by atoms with van der Waals surface area (Å²) in [5.41, 5.74) is 5.58. The van der Waals surface area contributed by atoms with Gasteiger partial charge in [0.25, 0.3) is 11.6 Å². The Morgan fingerprint density at radius 3 is 2.64 bits per heavy atom. The van der Waals surface area contributed by atoms with Gasteiger partial charge in [-0.05, 0) is 42.8 Å². The average Bonchev–Trinajstić information content (AvgIpc) is 3.09. The van der Waals surface area contributed by atoms with Crippen LogP contribution < -0.4 is 5.48 Å². The van der Waals surface area contributed by atoms with Crippen molar-refractivity contribution in [3.8, 4) is 11.3 Å². The monoisotopic (exact) mass is 377 g/mol. The number of pyridine rings is 1. The number of hydrogen-bond donors (Lipinski definition) is 1. The smallest absolute Gasteiger partial charge is 0.275 e. The minimum absolute atomic E-state index is 0.229. The summed E-state index contributed by atoms with van der Waals surface area (Å²) in [5.74, 6) is -0.800. The molecule has 1 amide bonds. The molecule has 0 bridgehead atoms. The molecule has 2 heterocycles. The van der Waals surface area contributed by atoms with Crippen molar-refractivity contribution in [2.24, 2.45) is 0 Å². The molecule has 0 fully saturated rings. The minimum Gasteiger partial charge on any atom is -0.335 e. The van der Waals surface area contributed by atoms with E-state index in [2.05, 4.69) is 15.6 Å². The SMILES string of the molecule is Cc1noc2nc(-c3ccc(F)cc3)cc(C(=O)NOCc3ccccc3)c12. The summed E-state index contributed by atoms with van der Waals surface area (Å²) in [5, 5.41) is 4.40. The molecule has 4 rings (SSSR count). The van der Waals surface area contributed by atoms with Gasteiger partial charge in [-0.3, -0.25) is 9.63 Å². The molecule has 0 spiro atoms. The van der Waals surface area contributed by atoms with Crippen LogP contribution in [0.5, 0.6) is 0 Å². The van der Waals surface area contributed by atoms with Gasteiger partial charge in [0, 0.05) is 5.56 Å². The van der Waals surface area contributed by atoms with Crippen molar-refractivity contribution in [2.45, 2.75) is 13.5 Å². The summed E-state index contributed by atoms with van der Waals surface area (Å²) >= 11 is 0. The first-order valence-corrected chi connectivity index (χ1v) is 8.61. The van der Waals surface area contributed by atoms with E-state index in [-0.39, 0.29) is 18.1 Å². The second-order valence-corrected chi connectivity index (χ2v) is 6.22. The van der Waals surface area contributed by atoms with Crippen LogP contribution in [-0.2, 0) is 11.4 Å². The van der Waals surface area contributed by atoms with Crippen LogP contribution in [0.2, 0.25) is 0 Å². The number of rotatable bonds is 5. The van der Waals surface area contributed by atoms with E-state index in [0.717, 1.165) is 5.56 Å². The number of aryl methyl sites for hydroxylation is 1. The fraction of sp³-hybridized carbons (Fsp3) is 0.0952. The van der Waals surface area contributed by atoms with Crippen molar-refractivity contribution in [1.29, 1.82) is 0 Å². The lowest BCUT2D eigenvalue weighted by Crippen LogP contribution is -2.24.